The van der Waals surface area contributed by atoms with Crippen LogP contribution < -0.4 is 0 Å². The van der Waals surface area contributed by atoms with E-state index in [2.05, 4.69) is 14.3 Å². The van der Waals surface area contributed by atoms with Gasteiger partial charge in [0.15, 0.2) is 0 Å². The first-order chi connectivity index (χ1) is 9.15. The minimum atomic E-state index is -2.94. The van der Waals surface area contributed by atoms with Crippen LogP contribution in [0.4, 0.5) is 0 Å². The average Bonchev–Trinajstić information content (AvgIpc) is 2.37. The lowest BCUT2D eigenvalue weighted by molar-refractivity contribution is -0.0574. The number of hydrogen-bond donors (Lipinski definition) is 1. The largest absolute Gasteiger partial charge is 0.363 e. The third-order valence-electron chi connectivity index (χ3n) is 2.28. The monoisotopic (exact) mass is 280 g/mol. The standard InChI is InChI=1S/C12H12N2O4S/c1-9(18-19(15)16)17-14-8-10-4-5-11-3-2-6-13-12(11)7-10/h2-9,19H,1H3. The average molecular weight is 280 g/mol. The third-order valence-corrected chi connectivity index (χ3v) is 2.74. The zero-order valence-electron chi connectivity index (χ0n) is 10.1. The predicted octanol–water partition coefficient (Wildman–Crippen LogP) is 1.47. The predicted molar refractivity (Wildman–Crippen MR) is 71.3 cm³/mol. The Morgan fingerprint density at radius 2 is 2.21 bits per heavy atom. The van der Waals surface area contributed by atoms with Crippen molar-refractivity contribution in [2.75, 3.05) is 0 Å². The molecule has 0 aliphatic carbocycles. The first kappa shape index (κ1) is 13.4. The maximum absolute atomic E-state index is 10.3. The zero-order chi connectivity index (χ0) is 13.7. The maximum atomic E-state index is 10.3. The molecule has 1 aromatic heterocycles. The van der Waals surface area contributed by atoms with Gasteiger partial charge in [-0.15, -0.1) is 0 Å². The normalized spacial score (nSPS) is 13.2. The summed E-state index contributed by atoms with van der Waals surface area (Å²) in [5.74, 6) is 0. The summed E-state index contributed by atoms with van der Waals surface area (Å²) < 4.78 is 24.9. The Balaban J connectivity index is 2.04. The molecule has 0 saturated carbocycles. The summed E-state index contributed by atoms with van der Waals surface area (Å²) >= 11 is 0. The fourth-order valence-corrected chi connectivity index (χ4v) is 1.76. The van der Waals surface area contributed by atoms with E-state index < -0.39 is 17.3 Å². The van der Waals surface area contributed by atoms with E-state index >= 15 is 0 Å². The lowest BCUT2D eigenvalue weighted by Gasteiger charge is -2.04. The summed E-state index contributed by atoms with van der Waals surface area (Å²) in [6.07, 6.45) is 2.22. The molecule has 1 heterocycles. The van der Waals surface area contributed by atoms with E-state index in [4.69, 9.17) is 4.84 Å². The lowest BCUT2D eigenvalue weighted by atomic mass is 10.1. The second-order valence-corrected chi connectivity index (χ2v) is 4.35. The highest BCUT2D eigenvalue weighted by atomic mass is 32.2. The van der Waals surface area contributed by atoms with E-state index in [0.717, 1.165) is 16.5 Å². The molecule has 100 valence electrons. The van der Waals surface area contributed by atoms with Gasteiger partial charge < -0.3 is 4.84 Å². The van der Waals surface area contributed by atoms with Crippen LogP contribution >= 0.6 is 0 Å². The number of nitrogens with zero attached hydrogens (tertiary/aromatic N) is 2. The van der Waals surface area contributed by atoms with Crippen LogP contribution in [-0.4, -0.2) is 25.9 Å². The molecule has 0 amide bonds. The molecule has 0 N–H and O–H groups in total. The highest BCUT2D eigenvalue weighted by molar-refractivity contribution is 7.67. The lowest BCUT2D eigenvalue weighted by Crippen LogP contribution is -2.08. The Labute approximate surface area is 111 Å². The van der Waals surface area contributed by atoms with Gasteiger partial charge in [-0.3, -0.25) is 4.98 Å². The van der Waals surface area contributed by atoms with Gasteiger partial charge in [0, 0.05) is 18.5 Å². The molecule has 0 bridgehead atoms. The summed E-state index contributed by atoms with van der Waals surface area (Å²) in [7, 11) is -2.94. The highest BCUT2D eigenvalue weighted by Gasteiger charge is 2.01. The van der Waals surface area contributed by atoms with Crippen LogP contribution in [0.25, 0.3) is 10.9 Å². The number of benzene rings is 1. The summed E-state index contributed by atoms with van der Waals surface area (Å²) in [6, 6.07) is 9.44. The van der Waals surface area contributed by atoms with Gasteiger partial charge >= 0.3 is 0 Å². The van der Waals surface area contributed by atoms with Crippen molar-refractivity contribution in [2.24, 2.45) is 5.16 Å². The van der Waals surface area contributed by atoms with Crippen LogP contribution in [0.15, 0.2) is 41.7 Å². The maximum Gasteiger partial charge on any atom is 0.260 e. The Hall–Kier alpha value is -1.99. The zero-order valence-corrected chi connectivity index (χ0v) is 11.0. The number of rotatable bonds is 5. The van der Waals surface area contributed by atoms with E-state index in [9.17, 15) is 8.42 Å². The smallest absolute Gasteiger partial charge is 0.260 e. The van der Waals surface area contributed by atoms with Crippen LogP contribution in [0, 0.1) is 0 Å². The summed E-state index contributed by atoms with van der Waals surface area (Å²) in [5.41, 5.74) is 1.64. The highest BCUT2D eigenvalue weighted by Crippen LogP contribution is 2.11. The van der Waals surface area contributed by atoms with E-state index in [-0.39, 0.29) is 0 Å². The molecule has 2 rings (SSSR count). The van der Waals surface area contributed by atoms with Gasteiger partial charge in [0.25, 0.3) is 11.0 Å². The van der Waals surface area contributed by atoms with Crippen molar-refractivity contribution in [1.29, 1.82) is 0 Å². The Bertz CT molecular complexity index is 662. The van der Waals surface area contributed by atoms with Crippen molar-refractivity contribution in [3.05, 3.63) is 42.1 Å². The van der Waals surface area contributed by atoms with Crippen LogP contribution in [0.1, 0.15) is 12.5 Å². The second kappa shape index (κ2) is 6.26. The topological polar surface area (TPSA) is 77.9 Å². The molecule has 7 heteroatoms. The first-order valence-corrected chi connectivity index (χ1v) is 6.60. The van der Waals surface area contributed by atoms with Gasteiger partial charge in [0.1, 0.15) is 0 Å². The Morgan fingerprint density at radius 3 is 3.00 bits per heavy atom. The number of pyridine rings is 1. The molecule has 2 aromatic rings. The van der Waals surface area contributed by atoms with Crippen LogP contribution in [0.2, 0.25) is 0 Å². The van der Waals surface area contributed by atoms with Crippen molar-refractivity contribution < 1.29 is 17.4 Å². The Morgan fingerprint density at radius 1 is 1.37 bits per heavy atom. The van der Waals surface area contributed by atoms with Crippen molar-refractivity contribution in [3.8, 4) is 0 Å². The Kier molecular flexibility index (Phi) is 4.43. The van der Waals surface area contributed by atoms with Crippen molar-refractivity contribution in [3.63, 3.8) is 0 Å². The number of aromatic nitrogens is 1. The molecular formula is C12H12N2O4S. The SMILES string of the molecule is CC(ON=Cc1ccc2cccnc2c1)O[SH](=O)=O. The molecule has 0 radical (unpaired) electrons. The summed E-state index contributed by atoms with van der Waals surface area (Å²) in [4.78, 5) is 9.03. The summed E-state index contributed by atoms with van der Waals surface area (Å²) in [5, 5.41) is 4.68. The van der Waals surface area contributed by atoms with Crippen molar-refractivity contribution in [1.82, 2.24) is 4.98 Å². The van der Waals surface area contributed by atoms with Crippen molar-refractivity contribution >= 4 is 28.1 Å². The van der Waals surface area contributed by atoms with E-state index in [1.54, 1.807) is 6.20 Å². The minimum Gasteiger partial charge on any atom is -0.363 e. The van der Waals surface area contributed by atoms with Crippen LogP contribution in [0.3, 0.4) is 0 Å². The number of oxime groups is 1. The molecular weight excluding hydrogens is 268 g/mol. The molecule has 0 aliphatic heterocycles. The fourth-order valence-electron chi connectivity index (χ4n) is 1.48. The first-order valence-electron chi connectivity index (χ1n) is 5.50. The quantitative estimate of drug-likeness (QED) is 0.388. The molecule has 1 aromatic carbocycles. The molecule has 0 aliphatic rings. The van der Waals surface area contributed by atoms with Crippen molar-refractivity contribution in [2.45, 2.75) is 13.2 Å². The van der Waals surface area contributed by atoms with Gasteiger partial charge in [0.05, 0.1) is 11.7 Å². The van der Waals surface area contributed by atoms with E-state index in [1.165, 1.54) is 13.1 Å². The van der Waals surface area contributed by atoms with Gasteiger partial charge in [-0.2, -0.15) is 0 Å². The third kappa shape index (κ3) is 4.01. The molecule has 19 heavy (non-hydrogen) atoms. The second-order valence-electron chi connectivity index (χ2n) is 3.69. The van der Waals surface area contributed by atoms with E-state index in [1.807, 2.05) is 30.3 Å². The number of thiol groups is 1. The minimum absolute atomic E-state index is 0.796. The molecule has 1 atom stereocenters. The van der Waals surface area contributed by atoms with Gasteiger partial charge in [-0.05, 0) is 17.7 Å². The molecule has 6 nitrogen and oxygen atoms in total. The summed E-state index contributed by atoms with van der Waals surface area (Å²) in [6.45, 7) is 1.43. The van der Waals surface area contributed by atoms with Gasteiger partial charge in [-0.1, -0.05) is 23.4 Å². The molecule has 1 unspecified atom stereocenters. The molecule has 0 saturated heterocycles. The van der Waals surface area contributed by atoms with E-state index in [0.29, 0.717) is 0 Å². The van der Waals surface area contributed by atoms with Crippen LogP contribution in [0.5, 0.6) is 0 Å². The van der Waals surface area contributed by atoms with Crippen LogP contribution in [-0.2, 0) is 20.0 Å². The molecule has 0 fully saturated rings. The molecule has 0 spiro atoms. The number of hydrogen-bond acceptors (Lipinski definition) is 6. The van der Waals surface area contributed by atoms with Gasteiger partial charge in [0.2, 0.25) is 6.29 Å². The van der Waals surface area contributed by atoms with Gasteiger partial charge in [-0.25, -0.2) is 12.6 Å². The number of fused-ring (bicyclic) bond motifs is 1. The fraction of sp³-hybridized carbons (Fsp3) is 0.167.